The van der Waals surface area contributed by atoms with Crippen LogP contribution < -0.4 is 0 Å². The van der Waals surface area contributed by atoms with Crippen molar-refractivity contribution in [2.75, 3.05) is 7.05 Å². The largest absolute Gasteiger partial charge is 0.478 e. The highest BCUT2D eigenvalue weighted by molar-refractivity contribution is 9.10. The maximum absolute atomic E-state index is 12.5. The second-order valence-corrected chi connectivity index (χ2v) is 7.19. The second kappa shape index (κ2) is 5.96. The molecule has 1 heterocycles. The normalized spacial score (nSPS) is 11.8. The molecule has 21 heavy (non-hydrogen) atoms. The molecule has 2 rings (SSSR count). The molecular weight excluding hydrogens is 362 g/mol. The lowest BCUT2D eigenvalue weighted by Gasteiger charge is -2.17. The number of halogens is 1. The molecular formula is C12H12BrN3O4S. The van der Waals surface area contributed by atoms with Gasteiger partial charge in [-0.05, 0) is 34.1 Å². The lowest BCUT2D eigenvalue weighted by Crippen LogP contribution is -2.26. The Balaban J connectivity index is 2.33. The first-order chi connectivity index (χ1) is 9.82. The van der Waals surface area contributed by atoms with E-state index < -0.39 is 16.0 Å². The molecule has 112 valence electrons. The van der Waals surface area contributed by atoms with E-state index in [-0.39, 0.29) is 21.5 Å². The molecule has 0 fully saturated rings. The molecule has 9 heteroatoms. The number of sulfonamides is 1. The van der Waals surface area contributed by atoms with Gasteiger partial charge in [-0.3, -0.25) is 5.10 Å². The summed E-state index contributed by atoms with van der Waals surface area (Å²) >= 11 is 3.11. The van der Waals surface area contributed by atoms with Crippen molar-refractivity contribution in [3.63, 3.8) is 0 Å². The standard InChI is InChI=1S/C12H12BrN3O4S/c1-16(7-8-5-14-15-6-8)21(19,20)11-3-2-9(12(17)18)4-10(11)13/h2-6H,7H2,1H3,(H,14,15)(H,17,18). The van der Waals surface area contributed by atoms with Crippen LogP contribution in [0.25, 0.3) is 0 Å². The van der Waals surface area contributed by atoms with E-state index in [1.54, 1.807) is 6.20 Å². The van der Waals surface area contributed by atoms with Crippen LogP contribution in [0.4, 0.5) is 0 Å². The highest BCUT2D eigenvalue weighted by Gasteiger charge is 2.24. The molecule has 2 N–H and O–H groups in total. The Bertz CT molecular complexity index is 759. The fourth-order valence-corrected chi connectivity index (χ4v) is 3.91. The minimum Gasteiger partial charge on any atom is -0.478 e. The second-order valence-electron chi connectivity index (χ2n) is 4.32. The molecule has 0 radical (unpaired) electrons. The SMILES string of the molecule is CN(Cc1cn[nH]c1)S(=O)(=O)c1ccc(C(=O)O)cc1Br. The number of aromatic carboxylic acids is 1. The van der Waals surface area contributed by atoms with Crippen LogP contribution in [0.3, 0.4) is 0 Å². The lowest BCUT2D eigenvalue weighted by molar-refractivity contribution is 0.0696. The molecule has 0 aliphatic carbocycles. The minimum atomic E-state index is -3.74. The average Bonchev–Trinajstić information content (AvgIpc) is 2.90. The van der Waals surface area contributed by atoms with E-state index in [2.05, 4.69) is 26.1 Å². The highest BCUT2D eigenvalue weighted by Crippen LogP contribution is 2.26. The maximum atomic E-state index is 12.5. The van der Waals surface area contributed by atoms with Crippen molar-refractivity contribution in [1.29, 1.82) is 0 Å². The van der Waals surface area contributed by atoms with E-state index in [1.165, 1.54) is 35.7 Å². The number of rotatable bonds is 5. The van der Waals surface area contributed by atoms with Gasteiger partial charge in [0.2, 0.25) is 10.0 Å². The molecule has 7 nitrogen and oxygen atoms in total. The highest BCUT2D eigenvalue weighted by atomic mass is 79.9. The molecule has 0 spiro atoms. The number of carboxylic acids is 1. The Hall–Kier alpha value is -1.71. The average molecular weight is 374 g/mol. The van der Waals surface area contributed by atoms with Gasteiger partial charge in [0.05, 0.1) is 16.7 Å². The van der Waals surface area contributed by atoms with E-state index in [9.17, 15) is 13.2 Å². The summed E-state index contributed by atoms with van der Waals surface area (Å²) in [6, 6.07) is 3.79. The quantitative estimate of drug-likeness (QED) is 0.829. The summed E-state index contributed by atoms with van der Waals surface area (Å²) in [5, 5.41) is 15.3. The molecule has 0 unspecified atom stereocenters. The van der Waals surface area contributed by atoms with Gasteiger partial charge in [-0.25, -0.2) is 13.2 Å². The van der Waals surface area contributed by atoms with Crippen molar-refractivity contribution in [2.24, 2.45) is 0 Å². The van der Waals surface area contributed by atoms with Crippen molar-refractivity contribution in [1.82, 2.24) is 14.5 Å². The zero-order chi connectivity index (χ0) is 15.6. The number of carbonyl (C=O) groups is 1. The number of aromatic amines is 1. The van der Waals surface area contributed by atoms with Crippen LogP contribution in [0.15, 0.2) is 40.0 Å². The molecule has 0 bridgehead atoms. The number of carboxylic acid groups (broad SMARTS) is 1. The van der Waals surface area contributed by atoms with Crippen molar-refractivity contribution < 1.29 is 18.3 Å². The van der Waals surface area contributed by atoms with Crippen molar-refractivity contribution in [3.05, 3.63) is 46.2 Å². The summed E-state index contributed by atoms with van der Waals surface area (Å²) in [4.78, 5) is 10.9. The van der Waals surface area contributed by atoms with Crippen LogP contribution in [0.2, 0.25) is 0 Å². The number of hydrogen-bond acceptors (Lipinski definition) is 4. The van der Waals surface area contributed by atoms with Gasteiger partial charge in [0.15, 0.2) is 0 Å². The summed E-state index contributed by atoms with van der Waals surface area (Å²) in [6.07, 6.45) is 3.14. The molecule has 2 aromatic rings. The van der Waals surface area contributed by atoms with Gasteiger partial charge in [0, 0.05) is 29.8 Å². The van der Waals surface area contributed by atoms with Crippen LogP contribution in [0.1, 0.15) is 15.9 Å². The molecule has 1 aromatic carbocycles. The summed E-state index contributed by atoms with van der Waals surface area (Å²) < 4.78 is 26.3. The fourth-order valence-electron chi connectivity index (χ4n) is 1.72. The van der Waals surface area contributed by atoms with Crippen molar-refractivity contribution in [2.45, 2.75) is 11.4 Å². The first-order valence-electron chi connectivity index (χ1n) is 5.79. The van der Waals surface area contributed by atoms with Gasteiger partial charge in [0.1, 0.15) is 0 Å². The van der Waals surface area contributed by atoms with E-state index >= 15 is 0 Å². The first-order valence-corrected chi connectivity index (χ1v) is 8.02. The van der Waals surface area contributed by atoms with Crippen LogP contribution in [-0.4, -0.2) is 41.0 Å². The predicted molar refractivity (Wildman–Crippen MR) is 78.3 cm³/mol. The van der Waals surface area contributed by atoms with Gasteiger partial charge in [-0.1, -0.05) is 0 Å². The third-order valence-electron chi connectivity index (χ3n) is 2.83. The third-order valence-corrected chi connectivity index (χ3v) is 5.61. The Labute approximate surface area is 129 Å². The third kappa shape index (κ3) is 3.31. The number of H-pyrrole nitrogens is 1. The molecule has 0 saturated carbocycles. The zero-order valence-corrected chi connectivity index (χ0v) is 13.3. The number of hydrogen-bond donors (Lipinski definition) is 2. The maximum Gasteiger partial charge on any atom is 0.335 e. The van der Waals surface area contributed by atoms with Gasteiger partial charge >= 0.3 is 5.97 Å². The van der Waals surface area contributed by atoms with E-state index in [0.717, 1.165) is 5.56 Å². The zero-order valence-electron chi connectivity index (χ0n) is 10.9. The number of nitrogens with one attached hydrogen (secondary N) is 1. The summed E-state index contributed by atoms with van der Waals surface area (Å²) in [7, 11) is -2.29. The first kappa shape index (κ1) is 15.7. The minimum absolute atomic E-state index is 0.0123. The van der Waals surface area contributed by atoms with E-state index in [4.69, 9.17) is 5.11 Å². The van der Waals surface area contributed by atoms with Crippen LogP contribution in [-0.2, 0) is 16.6 Å². The number of aromatic nitrogens is 2. The molecule has 0 saturated heterocycles. The lowest BCUT2D eigenvalue weighted by atomic mass is 10.2. The summed E-state index contributed by atoms with van der Waals surface area (Å²) in [5.41, 5.74) is 0.734. The molecule has 0 aliphatic heterocycles. The fraction of sp³-hybridized carbons (Fsp3) is 0.167. The predicted octanol–water partition coefficient (Wildman–Crippen LogP) is 1.69. The Morgan fingerprint density at radius 1 is 1.48 bits per heavy atom. The van der Waals surface area contributed by atoms with Gasteiger partial charge in [0.25, 0.3) is 0 Å². The molecule has 0 atom stereocenters. The van der Waals surface area contributed by atoms with Crippen LogP contribution in [0, 0.1) is 0 Å². The van der Waals surface area contributed by atoms with Crippen molar-refractivity contribution in [3.8, 4) is 0 Å². The van der Waals surface area contributed by atoms with Crippen LogP contribution >= 0.6 is 15.9 Å². The van der Waals surface area contributed by atoms with Gasteiger partial charge < -0.3 is 5.11 Å². The smallest absolute Gasteiger partial charge is 0.335 e. The summed E-state index contributed by atoms with van der Waals surface area (Å²) in [6.45, 7) is 0.159. The molecule has 0 aliphatic rings. The molecule has 1 aromatic heterocycles. The number of benzene rings is 1. The van der Waals surface area contributed by atoms with E-state index in [1.807, 2.05) is 0 Å². The Morgan fingerprint density at radius 2 is 2.19 bits per heavy atom. The van der Waals surface area contributed by atoms with Crippen molar-refractivity contribution >= 4 is 31.9 Å². The van der Waals surface area contributed by atoms with Gasteiger partial charge in [-0.2, -0.15) is 9.40 Å². The molecule has 0 amide bonds. The van der Waals surface area contributed by atoms with E-state index in [0.29, 0.717) is 0 Å². The Morgan fingerprint density at radius 3 is 2.71 bits per heavy atom. The van der Waals surface area contributed by atoms with Gasteiger partial charge in [-0.15, -0.1) is 0 Å². The Kier molecular flexibility index (Phi) is 4.45. The van der Waals surface area contributed by atoms with Crippen LogP contribution in [0.5, 0.6) is 0 Å². The monoisotopic (exact) mass is 373 g/mol. The summed E-state index contributed by atoms with van der Waals surface area (Å²) in [5.74, 6) is -1.12. The topological polar surface area (TPSA) is 103 Å². The number of nitrogens with zero attached hydrogens (tertiary/aromatic N) is 2.